The number of nitrogens with one attached hydrogen (secondary N) is 1. The number of hydrogen-bond acceptors (Lipinski definition) is 5. The molecule has 88 valence electrons. The summed E-state index contributed by atoms with van der Waals surface area (Å²) < 4.78 is 6.91. The number of nitrogens with zero attached hydrogens (tertiary/aromatic N) is 4. The van der Waals surface area contributed by atoms with Crippen molar-refractivity contribution in [3.05, 3.63) is 35.8 Å². The fourth-order valence-electron chi connectivity index (χ4n) is 1.44. The molecule has 0 aliphatic rings. The first-order chi connectivity index (χ1) is 8.28. The predicted molar refractivity (Wildman–Crippen MR) is 59.8 cm³/mol. The quantitative estimate of drug-likeness (QED) is 0.763. The van der Waals surface area contributed by atoms with Gasteiger partial charge in [0.25, 0.3) is 0 Å². The van der Waals surface area contributed by atoms with E-state index < -0.39 is 0 Å². The summed E-state index contributed by atoms with van der Waals surface area (Å²) in [6.07, 6.45) is 2.45. The van der Waals surface area contributed by atoms with E-state index in [0.717, 1.165) is 24.6 Å². The second-order valence-electron chi connectivity index (χ2n) is 3.64. The van der Waals surface area contributed by atoms with E-state index in [1.54, 1.807) is 23.1 Å². The fraction of sp³-hybridized carbons (Fsp3) is 0.364. The smallest absolute Gasteiger partial charge is 0.203 e. The van der Waals surface area contributed by atoms with Gasteiger partial charge in [-0.3, -0.25) is 4.68 Å². The third-order valence-corrected chi connectivity index (χ3v) is 2.24. The molecular formula is C11H13N5O. The van der Waals surface area contributed by atoms with Crippen LogP contribution in [0.3, 0.4) is 0 Å². The van der Waals surface area contributed by atoms with Crippen LogP contribution in [-0.2, 0) is 20.0 Å². The number of hydrogen-bond donors (Lipinski definition) is 1. The zero-order valence-electron chi connectivity index (χ0n) is 9.55. The first-order valence-electron chi connectivity index (χ1n) is 5.32. The number of nitriles is 1. The Morgan fingerprint density at radius 3 is 3.06 bits per heavy atom. The minimum Gasteiger partial charge on any atom is -0.449 e. The highest BCUT2D eigenvalue weighted by molar-refractivity contribution is 5.18. The lowest BCUT2D eigenvalue weighted by atomic mass is 10.4. The molecular weight excluding hydrogens is 218 g/mol. The summed E-state index contributed by atoms with van der Waals surface area (Å²) in [6.45, 7) is 1.38. The van der Waals surface area contributed by atoms with Crippen LogP contribution in [0, 0.1) is 11.3 Å². The average molecular weight is 231 g/mol. The average Bonchev–Trinajstić information content (AvgIpc) is 2.93. The number of rotatable bonds is 5. The molecule has 1 N–H and O–H groups in total. The SMILES string of the molecule is Cn1cnc(CCNCc2ccc(C#N)o2)n1. The van der Waals surface area contributed by atoms with E-state index in [0.29, 0.717) is 12.3 Å². The Labute approximate surface area is 98.9 Å². The summed E-state index contributed by atoms with van der Waals surface area (Å²) in [4.78, 5) is 4.12. The van der Waals surface area contributed by atoms with Crippen molar-refractivity contribution < 1.29 is 4.42 Å². The van der Waals surface area contributed by atoms with Crippen LogP contribution in [-0.4, -0.2) is 21.3 Å². The van der Waals surface area contributed by atoms with Crippen LogP contribution < -0.4 is 5.32 Å². The molecule has 2 aromatic rings. The number of aromatic nitrogens is 3. The maximum Gasteiger partial charge on any atom is 0.203 e. The zero-order valence-corrected chi connectivity index (χ0v) is 9.55. The van der Waals surface area contributed by atoms with Crippen LogP contribution >= 0.6 is 0 Å². The van der Waals surface area contributed by atoms with E-state index in [2.05, 4.69) is 15.4 Å². The summed E-state index contributed by atoms with van der Waals surface area (Å²) in [5.41, 5.74) is 0. The van der Waals surface area contributed by atoms with E-state index in [1.165, 1.54) is 0 Å². The second kappa shape index (κ2) is 5.27. The van der Waals surface area contributed by atoms with Crippen molar-refractivity contribution in [2.24, 2.45) is 7.05 Å². The number of aryl methyl sites for hydroxylation is 1. The zero-order chi connectivity index (χ0) is 12.1. The molecule has 0 saturated heterocycles. The van der Waals surface area contributed by atoms with Crippen molar-refractivity contribution in [1.82, 2.24) is 20.1 Å². The molecule has 0 atom stereocenters. The van der Waals surface area contributed by atoms with Gasteiger partial charge in [-0.2, -0.15) is 10.4 Å². The van der Waals surface area contributed by atoms with Gasteiger partial charge in [-0.25, -0.2) is 4.98 Å². The van der Waals surface area contributed by atoms with Gasteiger partial charge >= 0.3 is 0 Å². The summed E-state index contributed by atoms with van der Waals surface area (Å²) >= 11 is 0. The molecule has 0 spiro atoms. The van der Waals surface area contributed by atoms with Crippen molar-refractivity contribution in [3.63, 3.8) is 0 Å². The van der Waals surface area contributed by atoms with Crippen LogP contribution in [0.2, 0.25) is 0 Å². The summed E-state index contributed by atoms with van der Waals surface area (Å²) in [6, 6.07) is 5.41. The Hall–Kier alpha value is -2.13. The van der Waals surface area contributed by atoms with Gasteiger partial charge in [0.1, 0.15) is 18.2 Å². The van der Waals surface area contributed by atoms with Crippen LogP contribution in [0.5, 0.6) is 0 Å². The maximum atomic E-state index is 8.59. The molecule has 17 heavy (non-hydrogen) atoms. The topological polar surface area (TPSA) is 79.7 Å². The molecule has 0 aromatic carbocycles. The monoisotopic (exact) mass is 231 g/mol. The van der Waals surface area contributed by atoms with Crippen molar-refractivity contribution >= 4 is 0 Å². The Balaban J connectivity index is 1.71. The number of furan rings is 1. The van der Waals surface area contributed by atoms with Gasteiger partial charge in [-0.05, 0) is 12.1 Å². The minimum absolute atomic E-state index is 0.341. The first-order valence-corrected chi connectivity index (χ1v) is 5.32. The summed E-state index contributed by atoms with van der Waals surface area (Å²) in [7, 11) is 1.84. The molecule has 0 radical (unpaired) electrons. The maximum absolute atomic E-state index is 8.59. The molecule has 0 amide bonds. The van der Waals surface area contributed by atoms with Crippen molar-refractivity contribution in [1.29, 1.82) is 5.26 Å². The molecule has 0 unspecified atom stereocenters. The lowest BCUT2D eigenvalue weighted by Crippen LogP contribution is -2.16. The molecule has 6 nitrogen and oxygen atoms in total. The van der Waals surface area contributed by atoms with Gasteiger partial charge in [0.2, 0.25) is 5.76 Å². The highest BCUT2D eigenvalue weighted by Crippen LogP contribution is 2.05. The Morgan fingerprint density at radius 2 is 2.41 bits per heavy atom. The minimum atomic E-state index is 0.341. The molecule has 0 aliphatic carbocycles. The third-order valence-electron chi connectivity index (χ3n) is 2.24. The van der Waals surface area contributed by atoms with Crippen molar-refractivity contribution in [2.45, 2.75) is 13.0 Å². The van der Waals surface area contributed by atoms with Gasteiger partial charge in [-0.1, -0.05) is 0 Å². The second-order valence-corrected chi connectivity index (χ2v) is 3.64. The molecule has 0 aliphatic heterocycles. The van der Waals surface area contributed by atoms with E-state index >= 15 is 0 Å². The summed E-state index contributed by atoms with van der Waals surface area (Å²) in [5.74, 6) is 1.92. The van der Waals surface area contributed by atoms with Gasteiger partial charge in [0.15, 0.2) is 5.82 Å². The predicted octanol–water partition coefficient (Wildman–Crippen LogP) is 0.612. The van der Waals surface area contributed by atoms with E-state index in [9.17, 15) is 0 Å². The van der Waals surface area contributed by atoms with Gasteiger partial charge in [-0.15, -0.1) is 0 Å². The molecule has 2 heterocycles. The Morgan fingerprint density at radius 1 is 1.53 bits per heavy atom. The first kappa shape index (κ1) is 11.4. The summed E-state index contributed by atoms with van der Waals surface area (Å²) in [5, 5.41) is 16.0. The largest absolute Gasteiger partial charge is 0.449 e. The molecule has 0 saturated carbocycles. The van der Waals surface area contributed by atoms with Crippen LogP contribution in [0.15, 0.2) is 22.9 Å². The molecule has 2 rings (SSSR count). The normalized spacial score (nSPS) is 10.4. The van der Waals surface area contributed by atoms with E-state index in [-0.39, 0.29) is 0 Å². The highest BCUT2D eigenvalue weighted by atomic mass is 16.3. The molecule has 0 fully saturated rings. The highest BCUT2D eigenvalue weighted by Gasteiger charge is 2.01. The van der Waals surface area contributed by atoms with Crippen molar-refractivity contribution in [2.75, 3.05) is 6.54 Å². The van der Waals surface area contributed by atoms with E-state index in [4.69, 9.17) is 9.68 Å². The van der Waals surface area contributed by atoms with Crippen LogP contribution in [0.25, 0.3) is 0 Å². The fourth-order valence-corrected chi connectivity index (χ4v) is 1.44. The lowest BCUT2D eigenvalue weighted by Gasteiger charge is -1.99. The standard InChI is InChI=1S/C11H13N5O/c1-16-8-14-11(15-16)4-5-13-7-10-3-2-9(6-12)17-10/h2-3,8,13H,4-5,7H2,1H3. The van der Waals surface area contributed by atoms with Crippen LogP contribution in [0.4, 0.5) is 0 Å². The van der Waals surface area contributed by atoms with Gasteiger partial charge in [0, 0.05) is 20.0 Å². The van der Waals surface area contributed by atoms with Gasteiger partial charge in [0.05, 0.1) is 6.54 Å². The molecule has 0 bridgehead atoms. The van der Waals surface area contributed by atoms with Crippen molar-refractivity contribution in [3.8, 4) is 6.07 Å². The lowest BCUT2D eigenvalue weighted by molar-refractivity contribution is 0.474. The van der Waals surface area contributed by atoms with E-state index in [1.807, 2.05) is 13.1 Å². The molecule has 6 heteroatoms. The van der Waals surface area contributed by atoms with Gasteiger partial charge < -0.3 is 9.73 Å². The Bertz CT molecular complexity index is 522. The Kier molecular flexibility index (Phi) is 3.52. The third kappa shape index (κ3) is 3.16. The van der Waals surface area contributed by atoms with Crippen LogP contribution in [0.1, 0.15) is 17.3 Å². The molecule has 2 aromatic heterocycles.